The van der Waals surface area contributed by atoms with Crippen molar-refractivity contribution in [2.24, 2.45) is 0 Å². The molecule has 406 valence electrons. The van der Waals surface area contributed by atoms with E-state index in [2.05, 4.69) is 59.2 Å². The Balaban J connectivity index is 0.000000153. The maximum atomic E-state index is 13.2. The third-order valence-electron chi connectivity index (χ3n) is 11.8. The molecule has 0 saturated carbocycles. The zero-order valence-corrected chi connectivity index (χ0v) is 42.8. The van der Waals surface area contributed by atoms with Gasteiger partial charge in [0.15, 0.2) is 5.78 Å². The van der Waals surface area contributed by atoms with E-state index in [0.29, 0.717) is 16.9 Å². The number of hydrogen-bond donors (Lipinski definition) is 3. The monoisotopic (exact) mass is 1210 g/mol. The van der Waals surface area contributed by atoms with E-state index in [9.17, 15) is 70.2 Å². The Morgan fingerprint density at radius 2 is 0.808 bits per heavy atom. The molecule has 78 heavy (non-hydrogen) atoms. The topological polar surface area (TPSA) is 181 Å². The van der Waals surface area contributed by atoms with Gasteiger partial charge in [0.2, 0.25) is 5.78 Å². The molecule has 3 N–H and O–H groups in total. The quantitative estimate of drug-likeness (QED) is 0.0616. The summed E-state index contributed by atoms with van der Waals surface area (Å²) in [5, 5.41) is 22.6. The smallest absolute Gasteiger partial charge is 0.201 e. The molecular weight excluding hydrogens is 1180 g/mol. The number of aromatic amines is 1. The molecule has 7 heterocycles. The van der Waals surface area contributed by atoms with Crippen LogP contribution in [0.4, 0.5) is 50.4 Å². The summed E-state index contributed by atoms with van der Waals surface area (Å²) in [4.78, 5) is 61.0. The molecule has 12 nitrogen and oxygen atoms in total. The second-order valence-electron chi connectivity index (χ2n) is 17.3. The first kappa shape index (κ1) is 56.3. The molecule has 0 atom stereocenters. The van der Waals surface area contributed by atoms with Crippen LogP contribution in [-0.4, -0.2) is 61.7 Å². The van der Waals surface area contributed by atoms with Gasteiger partial charge in [-0.15, -0.1) is 0 Å². The third-order valence-corrected chi connectivity index (χ3v) is 11.8. The molecule has 0 radical (unpaired) electrons. The number of phenols is 2. The second kappa shape index (κ2) is 19.2. The molecule has 3 aliphatic carbocycles. The molecule has 3 aliphatic rings. The number of carbonyl (C=O) groups is 2. The molecule has 3 aromatic carbocycles. The Morgan fingerprint density at radius 1 is 0.423 bits per heavy atom. The van der Waals surface area contributed by atoms with E-state index in [1.165, 1.54) is 46.5 Å². The number of rotatable bonds is 1. The van der Waals surface area contributed by atoms with E-state index in [1.807, 2.05) is 73.3 Å². The first-order valence-electron chi connectivity index (χ1n) is 22.5. The van der Waals surface area contributed by atoms with E-state index in [1.54, 1.807) is 18.5 Å². The maximum Gasteiger partial charge on any atom is 0.201 e. The molecule has 0 saturated heterocycles. The minimum atomic E-state index is -10.7. The Labute approximate surface area is 444 Å². The van der Waals surface area contributed by atoms with Gasteiger partial charge in [-0.05, 0) is 115 Å². The summed E-state index contributed by atoms with van der Waals surface area (Å²) < 4.78 is 118. The average molecular weight is 1210 g/mol. The molecular formula is C51H34F12N8O4P2Ru-2. The fraction of sp³-hybridized carbons (Fsp3) is 0.0784. The molecule has 0 spiro atoms. The van der Waals surface area contributed by atoms with Gasteiger partial charge in [0, 0.05) is 84.1 Å². The summed E-state index contributed by atoms with van der Waals surface area (Å²) in [7, 11) is -21.3. The normalized spacial score (nSPS) is 14.7. The summed E-state index contributed by atoms with van der Waals surface area (Å²) in [6, 6.07) is 31.3. The molecule has 0 bridgehead atoms. The predicted octanol–water partition coefficient (Wildman–Crippen LogP) is 15.8. The van der Waals surface area contributed by atoms with Crippen molar-refractivity contribution in [1.29, 1.82) is 0 Å². The molecule has 13 rings (SSSR count). The van der Waals surface area contributed by atoms with Crippen LogP contribution in [0.1, 0.15) is 54.1 Å². The van der Waals surface area contributed by atoms with Gasteiger partial charge in [-0.25, -0.2) is 4.98 Å². The summed E-state index contributed by atoms with van der Waals surface area (Å²) >= 11 is 0. The number of nitrogens with one attached hydrogen (secondary N) is 1. The number of nitrogens with zero attached hydrogens (tertiary/aromatic N) is 7. The Morgan fingerprint density at radius 3 is 1.26 bits per heavy atom. The van der Waals surface area contributed by atoms with Gasteiger partial charge in [0.25, 0.3) is 0 Å². The first-order chi connectivity index (χ1) is 35.8. The van der Waals surface area contributed by atoms with E-state index >= 15 is 0 Å². The number of carbonyl (C=O) groups excluding carboxylic acids is 2. The van der Waals surface area contributed by atoms with Crippen molar-refractivity contribution in [3.8, 4) is 45.7 Å². The van der Waals surface area contributed by atoms with Gasteiger partial charge in [-0.3, -0.25) is 39.5 Å². The fourth-order valence-corrected chi connectivity index (χ4v) is 8.85. The number of fused-ring (bicyclic) bond motifs is 14. The van der Waals surface area contributed by atoms with Crippen LogP contribution >= 0.6 is 15.6 Å². The van der Waals surface area contributed by atoms with Crippen molar-refractivity contribution >= 4 is 60.0 Å². The van der Waals surface area contributed by atoms with Crippen molar-refractivity contribution in [3.05, 3.63) is 185 Å². The first-order valence-corrected chi connectivity index (χ1v) is 26.6. The van der Waals surface area contributed by atoms with Crippen molar-refractivity contribution in [3.63, 3.8) is 0 Å². The average Bonchev–Trinajstić information content (AvgIpc) is 3.87. The largest absolute Gasteiger partial charge is 0.507 e. The molecule has 0 amide bonds. The number of phenolic OH excluding ortho intramolecular Hbond substituents is 2. The number of aromatic hydroxyl groups is 2. The van der Waals surface area contributed by atoms with E-state index in [-0.39, 0.29) is 53.2 Å². The number of halogens is 12. The van der Waals surface area contributed by atoms with Crippen LogP contribution in [0.3, 0.4) is 0 Å². The van der Waals surface area contributed by atoms with Crippen molar-refractivity contribution < 1.29 is 89.6 Å². The molecule has 0 aliphatic heterocycles. The molecule has 10 aromatic rings. The van der Waals surface area contributed by atoms with Gasteiger partial charge in [0.05, 0.1) is 56.0 Å². The van der Waals surface area contributed by atoms with E-state index in [0.717, 1.165) is 75.8 Å². The molecule has 0 fully saturated rings. The van der Waals surface area contributed by atoms with Crippen molar-refractivity contribution in [2.45, 2.75) is 25.7 Å². The Hall–Kier alpha value is -7.87. The standard InChI is InChI=1S/C27H14N4O4.2C12H10N2.2F6P.Ru/c32-17-7-1-4-13-19(17)26(35)20-16(25(13)34)10-12(11-18(20)33)27-30-23-14-5-2-8-28-21(14)22-15(24(23)31-27)6-3-9-29-22;2*1-3-9-5-6-10-4-2-8-14-12(10)11(9)13-7-1;2*1-7(2,3,4,5)6;/h1-11,32-33H,(H,30,31);2*1-4,7-8H,5-6H2;;;/q;;;2*-1;. The van der Waals surface area contributed by atoms with Crippen LogP contribution in [0, 0.1) is 0 Å². The second-order valence-corrected chi connectivity index (χ2v) is 21.2. The van der Waals surface area contributed by atoms with Crippen molar-refractivity contribution in [1.82, 2.24) is 39.9 Å². The number of benzene rings is 3. The summed E-state index contributed by atoms with van der Waals surface area (Å²) in [6.07, 6.45) is 15.1. The number of aromatic nitrogens is 8. The number of aryl methyl sites for hydroxylation is 4. The predicted molar refractivity (Wildman–Crippen MR) is 266 cm³/mol. The Bertz CT molecular complexity index is 3740. The van der Waals surface area contributed by atoms with E-state index in [4.69, 9.17) is 4.98 Å². The van der Waals surface area contributed by atoms with Crippen LogP contribution < -0.4 is 0 Å². The van der Waals surface area contributed by atoms with Gasteiger partial charge < -0.3 is 15.2 Å². The van der Waals surface area contributed by atoms with Crippen LogP contribution in [0.15, 0.2) is 140 Å². The van der Waals surface area contributed by atoms with Crippen LogP contribution in [0.25, 0.3) is 67.0 Å². The minimum absolute atomic E-state index is 0. The number of imidazole rings is 1. The SMILES string of the molecule is F[P-](F)(F)(F)(F)F.F[P-](F)(F)(F)(F)F.O=C1c2cccc(O)c2C(=O)c2c(O)cc(-c3nc4c5cccnc5c5ncccc5c4[nH]3)cc21.[Ru].c1cnc2c(c1)CCc1cccnc1-2.c1cnc2c(c1)CCc1cccnc1-2. The Kier molecular flexibility index (Phi) is 13.9. The van der Waals surface area contributed by atoms with E-state index < -0.39 is 27.2 Å². The molecule has 27 heteroatoms. The minimum Gasteiger partial charge on any atom is -0.507 e. The number of ketones is 2. The number of hydrogen-bond acceptors (Lipinski definition) is 11. The molecule has 0 unspecified atom stereocenters. The van der Waals surface area contributed by atoms with Crippen molar-refractivity contribution in [2.75, 3.05) is 0 Å². The van der Waals surface area contributed by atoms with Crippen LogP contribution in [0.5, 0.6) is 11.5 Å². The summed E-state index contributed by atoms with van der Waals surface area (Å²) in [5.41, 5.74) is 12.8. The fourth-order valence-electron chi connectivity index (χ4n) is 8.85. The third kappa shape index (κ3) is 13.6. The van der Waals surface area contributed by atoms with Gasteiger partial charge in [-0.1, -0.05) is 36.4 Å². The van der Waals surface area contributed by atoms with Gasteiger partial charge >= 0.3 is 66.0 Å². The maximum absolute atomic E-state index is 13.2. The van der Waals surface area contributed by atoms with Crippen LogP contribution in [0.2, 0.25) is 0 Å². The number of pyridine rings is 6. The zero-order chi connectivity index (χ0) is 55.4. The molecule has 7 aromatic heterocycles. The summed E-state index contributed by atoms with van der Waals surface area (Å²) in [5.74, 6) is -1.29. The van der Waals surface area contributed by atoms with Gasteiger partial charge in [0.1, 0.15) is 17.3 Å². The number of H-pyrrole nitrogens is 1. The van der Waals surface area contributed by atoms with Gasteiger partial charge in [-0.2, -0.15) is 0 Å². The summed E-state index contributed by atoms with van der Waals surface area (Å²) in [6.45, 7) is 0. The zero-order valence-electron chi connectivity index (χ0n) is 39.2. The van der Waals surface area contributed by atoms with Crippen LogP contribution in [-0.2, 0) is 45.2 Å².